The highest BCUT2D eigenvalue weighted by Crippen LogP contribution is 2.25. The number of benzene rings is 2. The number of nitrogens with one attached hydrogen (secondary N) is 1. The Bertz CT molecular complexity index is 964. The molecule has 0 aromatic heterocycles. The van der Waals surface area contributed by atoms with Gasteiger partial charge in [0, 0.05) is 49.4 Å². The van der Waals surface area contributed by atoms with Crippen molar-refractivity contribution in [1.29, 1.82) is 0 Å². The molecule has 1 unspecified atom stereocenters. The number of rotatable bonds is 4. The van der Waals surface area contributed by atoms with Crippen LogP contribution in [0.1, 0.15) is 18.0 Å². The van der Waals surface area contributed by atoms with E-state index in [9.17, 15) is 14.0 Å². The fraction of sp³-hybridized carbons (Fsp3) is 0.364. The van der Waals surface area contributed by atoms with Crippen molar-refractivity contribution >= 4 is 40.7 Å². The van der Waals surface area contributed by atoms with Crippen LogP contribution in [0.15, 0.2) is 42.5 Å². The number of nitrogens with zero attached hydrogens (tertiary/aromatic N) is 3. The van der Waals surface area contributed by atoms with Gasteiger partial charge in [0.25, 0.3) is 0 Å². The Kier molecular flexibility index (Phi) is 6.65. The lowest BCUT2D eigenvalue weighted by Crippen LogP contribution is -2.54. The number of hydrogen-bond donors (Lipinski definition) is 1. The minimum absolute atomic E-state index is 0.0494. The molecule has 0 spiro atoms. The van der Waals surface area contributed by atoms with E-state index in [2.05, 4.69) is 10.2 Å². The third-order valence-corrected chi connectivity index (χ3v) is 6.30. The summed E-state index contributed by atoms with van der Waals surface area (Å²) in [6.07, 6.45) is 0.300. The fourth-order valence-electron chi connectivity index (χ4n) is 3.92. The summed E-state index contributed by atoms with van der Waals surface area (Å²) in [4.78, 5) is 30.7. The van der Waals surface area contributed by atoms with Crippen molar-refractivity contribution in [3.8, 4) is 0 Å². The molecule has 0 saturated carbocycles. The van der Waals surface area contributed by atoms with Crippen LogP contribution in [0, 0.1) is 5.82 Å². The van der Waals surface area contributed by atoms with Gasteiger partial charge < -0.3 is 14.7 Å². The summed E-state index contributed by atoms with van der Waals surface area (Å²) in [7, 11) is 0. The molecule has 1 N–H and O–H groups in total. The molecular weight excluding hydrogens is 442 g/mol. The molecule has 2 aromatic rings. The van der Waals surface area contributed by atoms with Crippen molar-refractivity contribution in [2.75, 3.05) is 44.3 Å². The van der Waals surface area contributed by atoms with E-state index in [1.54, 1.807) is 34.1 Å². The van der Waals surface area contributed by atoms with Crippen LogP contribution in [0.2, 0.25) is 10.0 Å². The van der Waals surface area contributed by atoms with Crippen LogP contribution in [0.5, 0.6) is 0 Å². The predicted molar refractivity (Wildman–Crippen MR) is 119 cm³/mol. The Morgan fingerprint density at radius 2 is 1.77 bits per heavy atom. The van der Waals surface area contributed by atoms with Crippen molar-refractivity contribution < 1.29 is 14.0 Å². The molecule has 2 saturated heterocycles. The van der Waals surface area contributed by atoms with Gasteiger partial charge in [0.05, 0.1) is 11.7 Å². The van der Waals surface area contributed by atoms with E-state index in [-0.39, 0.29) is 29.4 Å². The van der Waals surface area contributed by atoms with E-state index >= 15 is 0 Å². The first-order chi connectivity index (χ1) is 14.9. The van der Waals surface area contributed by atoms with Gasteiger partial charge in [0.1, 0.15) is 12.4 Å². The smallest absolute Gasteiger partial charge is 0.242 e. The zero-order valence-corrected chi connectivity index (χ0v) is 18.4. The van der Waals surface area contributed by atoms with Crippen LogP contribution in [0.25, 0.3) is 0 Å². The summed E-state index contributed by atoms with van der Waals surface area (Å²) in [6.45, 7) is 2.71. The Morgan fingerprint density at radius 3 is 2.42 bits per heavy atom. The highest BCUT2D eigenvalue weighted by atomic mass is 35.5. The lowest BCUT2D eigenvalue weighted by molar-refractivity contribution is -0.143. The van der Waals surface area contributed by atoms with Gasteiger partial charge in [-0.2, -0.15) is 0 Å². The van der Waals surface area contributed by atoms with Crippen molar-refractivity contribution in [2.24, 2.45) is 0 Å². The minimum Gasteiger partial charge on any atom is -0.368 e. The number of anilines is 1. The number of carbonyl (C=O) groups excluding carboxylic acids is 2. The number of amides is 2. The molecular formula is C22H23Cl2FN4O2. The topological polar surface area (TPSA) is 55.9 Å². The molecule has 2 amide bonds. The Labute approximate surface area is 190 Å². The lowest BCUT2D eigenvalue weighted by atomic mass is 10.0. The summed E-state index contributed by atoms with van der Waals surface area (Å²) >= 11 is 11.8. The van der Waals surface area contributed by atoms with Crippen molar-refractivity contribution in [1.82, 2.24) is 15.1 Å². The Balaban J connectivity index is 1.28. The maximum atomic E-state index is 13.4. The van der Waals surface area contributed by atoms with Crippen molar-refractivity contribution in [3.63, 3.8) is 0 Å². The molecule has 164 valence electrons. The van der Waals surface area contributed by atoms with E-state index in [1.165, 1.54) is 6.07 Å². The number of hydrogen-bond acceptors (Lipinski definition) is 4. The maximum absolute atomic E-state index is 13.4. The van der Waals surface area contributed by atoms with Crippen LogP contribution >= 0.6 is 23.2 Å². The number of piperazine rings is 1. The number of halogens is 3. The Hall–Kier alpha value is -2.35. The largest absolute Gasteiger partial charge is 0.368 e. The fourth-order valence-corrected chi connectivity index (χ4v) is 4.22. The van der Waals surface area contributed by atoms with Gasteiger partial charge in [-0.25, -0.2) is 4.39 Å². The van der Waals surface area contributed by atoms with Gasteiger partial charge in [0.2, 0.25) is 11.8 Å². The average molecular weight is 465 g/mol. The van der Waals surface area contributed by atoms with E-state index < -0.39 is 5.82 Å². The molecule has 2 aromatic carbocycles. The molecule has 2 aliphatic heterocycles. The van der Waals surface area contributed by atoms with Crippen molar-refractivity contribution in [2.45, 2.75) is 12.5 Å². The SMILES string of the molecule is O=C(CN1CNC(c2ccc(Cl)cc2)CC1=O)N1CCN(c2ccc(F)c(Cl)c2)CC1. The highest BCUT2D eigenvalue weighted by molar-refractivity contribution is 6.31. The third kappa shape index (κ3) is 5.11. The highest BCUT2D eigenvalue weighted by Gasteiger charge is 2.30. The molecule has 0 radical (unpaired) electrons. The zero-order valence-electron chi connectivity index (χ0n) is 16.9. The van der Waals surface area contributed by atoms with Gasteiger partial charge in [0.15, 0.2) is 0 Å². The van der Waals surface area contributed by atoms with Crippen LogP contribution in [-0.2, 0) is 9.59 Å². The van der Waals surface area contributed by atoms with Gasteiger partial charge in [-0.1, -0.05) is 35.3 Å². The van der Waals surface area contributed by atoms with Gasteiger partial charge in [-0.15, -0.1) is 0 Å². The zero-order chi connectivity index (χ0) is 22.0. The Morgan fingerprint density at radius 1 is 1.06 bits per heavy atom. The summed E-state index contributed by atoms with van der Waals surface area (Å²) in [5, 5.41) is 4.06. The number of carbonyl (C=O) groups is 2. The second-order valence-corrected chi connectivity index (χ2v) is 8.57. The maximum Gasteiger partial charge on any atom is 0.242 e. The molecule has 4 rings (SSSR count). The standard InChI is InChI=1S/C22H23Cl2FN4O2/c23-16-3-1-15(2-4-16)20-12-21(30)29(14-26-20)13-22(31)28-9-7-27(8-10-28)17-5-6-19(25)18(24)11-17/h1-6,11,20,26H,7-10,12-14H2. The summed E-state index contributed by atoms with van der Waals surface area (Å²) in [5.74, 6) is -0.569. The predicted octanol–water partition coefficient (Wildman–Crippen LogP) is 3.30. The third-order valence-electron chi connectivity index (χ3n) is 5.76. The first-order valence-corrected chi connectivity index (χ1v) is 10.9. The molecule has 0 bridgehead atoms. The first-order valence-electron chi connectivity index (χ1n) is 10.1. The molecule has 0 aliphatic carbocycles. The van der Waals surface area contributed by atoms with Crippen LogP contribution < -0.4 is 10.2 Å². The molecule has 31 heavy (non-hydrogen) atoms. The van der Waals surface area contributed by atoms with Gasteiger partial charge >= 0.3 is 0 Å². The minimum atomic E-state index is -0.447. The average Bonchev–Trinajstić information content (AvgIpc) is 2.77. The van der Waals surface area contributed by atoms with Crippen LogP contribution in [0.3, 0.4) is 0 Å². The molecule has 2 aliphatic rings. The van der Waals surface area contributed by atoms with Crippen molar-refractivity contribution in [3.05, 3.63) is 63.9 Å². The van der Waals surface area contributed by atoms with E-state index in [0.717, 1.165) is 11.3 Å². The van der Waals surface area contributed by atoms with Gasteiger partial charge in [-0.3, -0.25) is 14.9 Å². The van der Waals surface area contributed by atoms with E-state index in [4.69, 9.17) is 23.2 Å². The molecule has 1 atom stereocenters. The molecule has 9 heteroatoms. The molecule has 2 fully saturated rings. The normalized spacial score (nSPS) is 19.6. The second-order valence-electron chi connectivity index (χ2n) is 7.73. The van der Waals surface area contributed by atoms with Crippen LogP contribution in [0.4, 0.5) is 10.1 Å². The molecule has 6 nitrogen and oxygen atoms in total. The lowest BCUT2D eigenvalue weighted by Gasteiger charge is -2.38. The van der Waals surface area contributed by atoms with E-state index in [1.807, 2.05) is 12.1 Å². The summed E-state index contributed by atoms with van der Waals surface area (Å²) in [6, 6.07) is 12.0. The first kappa shape index (κ1) is 21.9. The van der Waals surface area contributed by atoms with Crippen LogP contribution in [-0.4, -0.2) is 61.0 Å². The monoisotopic (exact) mass is 464 g/mol. The summed E-state index contributed by atoms with van der Waals surface area (Å²) < 4.78 is 13.4. The molecule has 2 heterocycles. The van der Waals surface area contributed by atoms with E-state index in [0.29, 0.717) is 44.3 Å². The second kappa shape index (κ2) is 9.42. The van der Waals surface area contributed by atoms with Gasteiger partial charge in [-0.05, 0) is 35.9 Å². The quantitative estimate of drug-likeness (QED) is 0.753. The summed E-state index contributed by atoms with van der Waals surface area (Å²) in [5.41, 5.74) is 1.84.